The molecule has 0 aromatic rings. The van der Waals surface area contributed by atoms with Crippen molar-refractivity contribution in [1.82, 2.24) is 15.5 Å². The molecule has 1 saturated carbocycles. The van der Waals surface area contributed by atoms with Crippen LogP contribution in [0.15, 0.2) is 4.99 Å². The molecule has 0 aromatic heterocycles. The summed E-state index contributed by atoms with van der Waals surface area (Å²) in [6.07, 6.45) is 6.97. The molecule has 22 heavy (non-hydrogen) atoms. The first kappa shape index (κ1) is 19.5. The normalized spacial score (nSPS) is 21.5. The Kier molecular flexibility index (Phi) is 9.12. The number of rotatable bonds is 7. The van der Waals surface area contributed by atoms with Gasteiger partial charge >= 0.3 is 0 Å². The number of nitrogens with zero attached hydrogens (tertiary/aromatic N) is 2. The van der Waals surface area contributed by atoms with Crippen LogP contribution in [0.1, 0.15) is 52.4 Å². The Labute approximate surface area is 151 Å². The summed E-state index contributed by atoms with van der Waals surface area (Å²) in [6.45, 7) is 7.46. The highest BCUT2D eigenvalue weighted by molar-refractivity contribution is 14.0. The Hall–Kier alpha value is -0.530. The fraction of sp³-hybridized carbons (Fsp3) is 0.875. The van der Waals surface area contributed by atoms with E-state index in [1.807, 2.05) is 11.8 Å². The topological polar surface area (TPSA) is 56.7 Å². The zero-order chi connectivity index (χ0) is 15.1. The van der Waals surface area contributed by atoms with Gasteiger partial charge in [-0.2, -0.15) is 0 Å². The summed E-state index contributed by atoms with van der Waals surface area (Å²) in [6, 6.07) is 0.335. The lowest BCUT2D eigenvalue weighted by Gasteiger charge is -2.18. The monoisotopic (exact) mass is 422 g/mol. The minimum Gasteiger partial charge on any atom is -0.357 e. The maximum absolute atomic E-state index is 11.7. The van der Waals surface area contributed by atoms with Gasteiger partial charge in [0.15, 0.2) is 5.96 Å². The maximum atomic E-state index is 11.7. The second-order valence-corrected chi connectivity index (χ2v) is 6.17. The number of hydrogen-bond donors (Lipinski definition) is 2. The minimum absolute atomic E-state index is 0. The van der Waals surface area contributed by atoms with Gasteiger partial charge in [-0.25, -0.2) is 0 Å². The molecule has 6 heteroatoms. The summed E-state index contributed by atoms with van der Waals surface area (Å²) in [5, 5.41) is 6.78. The van der Waals surface area contributed by atoms with E-state index in [-0.39, 0.29) is 29.9 Å². The average molecular weight is 422 g/mol. The molecular formula is C16H31IN4O. The fourth-order valence-electron chi connectivity index (χ4n) is 2.82. The first-order valence-electron chi connectivity index (χ1n) is 8.55. The van der Waals surface area contributed by atoms with Crippen LogP contribution in [-0.2, 0) is 4.79 Å². The molecule has 0 bridgehead atoms. The Morgan fingerprint density at radius 1 is 1.27 bits per heavy atom. The van der Waals surface area contributed by atoms with E-state index in [9.17, 15) is 4.79 Å². The van der Waals surface area contributed by atoms with Crippen LogP contribution in [0.25, 0.3) is 0 Å². The van der Waals surface area contributed by atoms with Crippen LogP contribution in [0.3, 0.4) is 0 Å². The molecule has 1 heterocycles. The fourth-order valence-corrected chi connectivity index (χ4v) is 2.82. The van der Waals surface area contributed by atoms with E-state index >= 15 is 0 Å². The third-order valence-electron chi connectivity index (χ3n) is 4.27. The lowest BCUT2D eigenvalue weighted by molar-refractivity contribution is -0.129. The molecule has 5 nitrogen and oxygen atoms in total. The largest absolute Gasteiger partial charge is 0.357 e. The van der Waals surface area contributed by atoms with Crippen LogP contribution in [-0.4, -0.2) is 49.0 Å². The summed E-state index contributed by atoms with van der Waals surface area (Å²) in [5.74, 6) is 2.15. The third kappa shape index (κ3) is 6.71. The van der Waals surface area contributed by atoms with Gasteiger partial charge in [-0.1, -0.05) is 19.8 Å². The molecule has 2 N–H and O–H groups in total. The van der Waals surface area contributed by atoms with Gasteiger partial charge in [0.25, 0.3) is 0 Å². The Balaban J connectivity index is 0.00000242. The molecule has 0 radical (unpaired) electrons. The molecule has 128 valence electrons. The highest BCUT2D eigenvalue weighted by atomic mass is 127. The van der Waals surface area contributed by atoms with Crippen molar-refractivity contribution in [3.63, 3.8) is 0 Å². The molecule has 1 aliphatic carbocycles. The summed E-state index contributed by atoms with van der Waals surface area (Å²) in [5.41, 5.74) is 0. The van der Waals surface area contributed by atoms with Gasteiger partial charge in [0.2, 0.25) is 5.91 Å². The van der Waals surface area contributed by atoms with Crippen molar-refractivity contribution in [2.24, 2.45) is 10.9 Å². The van der Waals surface area contributed by atoms with Crippen molar-refractivity contribution < 1.29 is 4.79 Å². The van der Waals surface area contributed by atoms with Crippen molar-refractivity contribution in [3.05, 3.63) is 0 Å². The molecule has 1 atom stereocenters. The standard InChI is InChI=1S/C16H30N4O.HI/c1-3-15(21)20-11-9-14(12-20)19-16(17-4-2)18-10-5-6-13-7-8-13;/h13-14H,3-12H2,1-2H3,(H2,17,18,19);1H. The second kappa shape index (κ2) is 10.3. The number of nitrogens with one attached hydrogen (secondary N) is 2. The zero-order valence-corrected chi connectivity index (χ0v) is 16.3. The van der Waals surface area contributed by atoms with E-state index in [2.05, 4.69) is 22.5 Å². The van der Waals surface area contributed by atoms with Crippen LogP contribution >= 0.6 is 24.0 Å². The number of amides is 1. The molecule has 1 amide bonds. The molecule has 1 unspecified atom stereocenters. The highest BCUT2D eigenvalue weighted by Crippen LogP contribution is 2.33. The summed E-state index contributed by atoms with van der Waals surface area (Å²) >= 11 is 0. The van der Waals surface area contributed by atoms with Crippen molar-refractivity contribution in [1.29, 1.82) is 0 Å². The molecule has 0 spiro atoms. The van der Waals surface area contributed by atoms with E-state index in [4.69, 9.17) is 0 Å². The molecular weight excluding hydrogens is 391 g/mol. The van der Waals surface area contributed by atoms with Crippen LogP contribution in [0, 0.1) is 5.92 Å². The van der Waals surface area contributed by atoms with Crippen LogP contribution in [0.5, 0.6) is 0 Å². The molecule has 1 saturated heterocycles. The van der Waals surface area contributed by atoms with E-state index < -0.39 is 0 Å². The average Bonchev–Trinajstić information content (AvgIpc) is 3.20. The first-order chi connectivity index (χ1) is 10.2. The summed E-state index contributed by atoms with van der Waals surface area (Å²) in [4.78, 5) is 18.3. The third-order valence-corrected chi connectivity index (χ3v) is 4.27. The number of carbonyl (C=O) groups is 1. The second-order valence-electron chi connectivity index (χ2n) is 6.17. The summed E-state index contributed by atoms with van der Waals surface area (Å²) < 4.78 is 0. The van der Waals surface area contributed by atoms with Gasteiger partial charge in [0, 0.05) is 38.6 Å². The Morgan fingerprint density at radius 3 is 2.68 bits per heavy atom. The molecule has 2 aliphatic rings. The van der Waals surface area contributed by atoms with Crippen molar-refractivity contribution in [3.8, 4) is 0 Å². The van der Waals surface area contributed by atoms with Crippen molar-refractivity contribution >= 4 is 35.8 Å². The number of hydrogen-bond acceptors (Lipinski definition) is 2. The lowest BCUT2D eigenvalue weighted by Crippen LogP contribution is -2.45. The predicted molar refractivity (Wildman–Crippen MR) is 102 cm³/mol. The maximum Gasteiger partial charge on any atom is 0.222 e. The van der Waals surface area contributed by atoms with Gasteiger partial charge in [0.05, 0.1) is 0 Å². The van der Waals surface area contributed by atoms with E-state index in [0.717, 1.165) is 44.5 Å². The number of halogens is 1. The molecule has 0 aromatic carbocycles. The van der Waals surface area contributed by atoms with Gasteiger partial charge < -0.3 is 15.5 Å². The SMILES string of the molecule is CCNC(=NCCCC1CC1)NC1CCN(C(=O)CC)C1.I. The van der Waals surface area contributed by atoms with Gasteiger partial charge in [-0.3, -0.25) is 9.79 Å². The number of likely N-dealkylation sites (tertiary alicyclic amines) is 1. The van der Waals surface area contributed by atoms with Crippen molar-refractivity contribution in [2.75, 3.05) is 26.2 Å². The van der Waals surface area contributed by atoms with Crippen LogP contribution in [0.4, 0.5) is 0 Å². The van der Waals surface area contributed by atoms with Crippen LogP contribution in [0.2, 0.25) is 0 Å². The van der Waals surface area contributed by atoms with Gasteiger partial charge in [0.1, 0.15) is 0 Å². The smallest absolute Gasteiger partial charge is 0.222 e. The Morgan fingerprint density at radius 2 is 2.05 bits per heavy atom. The van der Waals surface area contributed by atoms with Gasteiger partial charge in [-0.15, -0.1) is 24.0 Å². The quantitative estimate of drug-likeness (QED) is 0.287. The molecule has 1 aliphatic heterocycles. The van der Waals surface area contributed by atoms with E-state index in [1.165, 1.54) is 25.7 Å². The van der Waals surface area contributed by atoms with Crippen LogP contribution < -0.4 is 10.6 Å². The van der Waals surface area contributed by atoms with E-state index in [1.54, 1.807) is 0 Å². The first-order valence-corrected chi connectivity index (χ1v) is 8.55. The Bertz CT molecular complexity index is 371. The predicted octanol–water partition coefficient (Wildman–Crippen LogP) is 2.36. The minimum atomic E-state index is 0. The number of guanidine groups is 1. The lowest BCUT2D eigenvalue weighted by atomic mass is 10.2. The zero-order valence-electron chi connectivity index (χ0n) is 13.9. The molecule has 2 rings (SSSR count). The summed E-state index contributed by atoms with van der Waals surface area (Å²) in [7, 11) is 0. The highest BCUT2D eigenvalue weighted by Gasteiger charge is 2.25. The van der Waals surface area contributed by atoms with Crippen molar-refractivity contribution in [2.45, 2.75) is 58.4 Å². The number of carbonyl (C=O) groups excluding carboxylic acids is 1. The number of aliphatic imine (C=N–C) groups is 1. The molecule has 2 fully saturated rings. The van der Waals surface area contributed by atoms with E-state index in [0.29, 0.717) is 12.5 Å². The van der Waals surface area contributed by atoms with Gasteiger partial charge in [-0.05, 0) is 32.1 Å².